The van der Waals surface area contributed by atoms with Crippen molar-refractivity contribution in [3.63, 3.8) is 0 Å². The number of alkyl halides is 3. The number of aromatic nitrogens is 1. The van der Waals surface area contributed by atoms with Gasteiger partial charge in [0, 0.05) is 6.42 Å². The molecule has 0 aromatic carbocycles. The lowest BCUT2D eigenvalue weighted by atomic mass is 10.2. The zero-order valence-electron chi connectivity index (χ0n) is 10.1. The Morgan fingerprint density at radius 2 is 2.06 bits per heavy atom. The van der Waals surface area contributed by atoms with Crippen molar-refractivity contribution >= 4 is 5.97 Å². The number of carbonyl (C=O) groups excluding carboxylic acids is 1. The highest BCUT2D eigenvalue weighted by molar-refractivity contribution is 5.87. The molecule has 1 rings (SSSR count). The van der Waals surface area contributed by atoms with E-state index in [4.69, 9.17) is 4.42 Å². The standard InChI is InChI=1S/C11H14F3NO3/c1-3-5-6-7-15-9(11(12,13)14)8(18-7)10(16)17-4-2/h3-6H2,1-2H3. The summed E-state index contributed by atoms with van der Waals surface area (Å²) in [6.07, 6.45) is -3.03. The molecule has 0 fully saturated rings. The average Bonchev–Trinajstić information content (AvgIpc) is 2.70. The first-order chi connectivity index (χ1) is 8.40. The van der Waals surface area contributed by atoms with Gasteiger partial charge in [-0.3, -0.25) is 0 Å². The van der Waals surface area contributed by atoms with Crippen LogP contribution in [0.2, 0.25) is 0 Å². The van der Waals surface area contributed by atoms with Gasteiger partial charge >= 0.3 is 12.1 Å². The summed E-state index contributed by atoms with van der Waals surface area (Å²) < 4.78 is 47.3. The summed E-state index contributed by atoms with van der Waals surface area (Å²) >= 11 is 0. The number of oxazole rings is 1. The highest BCUT2D eigenvalue weighted by atomic mass is 19.4. The maximum atomic E-state index is 12.7. The molecule has 4 nitrogen and oxygen atoms in total. The van der Waals surface area contributed by atoms with Crippen LogP contribution in [0, 0.1) is 0 Å². The van der Waals surface area contributed by atoms with E-state index in [1.165, 1.54) is 6.92 Å². The molecule has 0 spiro atoms. The van der Waals surface area contributed by atoms with Crippen molar-refractivity contribution in [2.24, 2.45) is 0 Å². The van der Waals surface area contributed by atoms with Crippen LogP contribution >= 0.6 is 0 Å². The van der Waals surface area contributed by atoms with E-state index < -0.39 is 23.6 Å². The van der Waals surface area contributed by atoms with Gasteiger partial charge in [0.1, 0.15) is 0 Å². The molecule has 0 amide bonds. The van der Waals surface area contributed by atoms with Gasteiger partial charge in [0.05, 0.1) is 6.61 Å². The second kappa shape index (κ2) is 5.88. The fourth-order valence-electron chi connectivity index (χ4n) is 1.33. The van der Waals surface area contributed by atoms with Gasteiger partial charge in [-0.15, -0.1) is 0 Å². The minimum absolute atomic E-state index is 0.0267. The Balaban J connectivity index is 3.05. The number of ether oxygens (including phenoxy) is 1. The molecule has 0 aliphatic rings. The van der Waals surface area contributed by atoms with Gasteiger partial charge in [-0.25, -0.2) is 9.78 Å². The van der Waals surface area contributed by atoms with Gasteiger partial charge in [-0.1, -0.05) is 13.3 Å². The number of aryl methyl sites for hydroxylation is 1. The second-order valence-corrected chi connectivity index (χ2v) is 3.61. The fraction of sp³-hybridized carbons (Fsp3) is 0.636. The molecule has 0 saturated heterocycles. The van der Waals surface area contributed by atoms with Crippen molar-refractivity contribution < 1.29 is 27.1 Å². The molecule has 7 heteroatoms. The van der Waals surface area contributed by atoms with Gasteiger partial charge in [-0.2, -0.15) is 13.2 Å². The third kappa shape index (κ3) is 3.48. The van der Waals surface area contributed by atoms with Crippen molar-refractivity contribution in [1.29, 1.82) is 0 Å². The van der Waals surface area contributed by atoms with E-state index in [0.29, 0.717) is 6.42 Å². The van der Waals surface area contributed by atoms with Crippen molar-refractivity contribution in [1.82, 2.24) is 4.98 Å². The molecule has 1 aromatic heterocycles. The Labute approximate surface area is 102 Å². The maximum absolute atomic E-state index is 12.7. The van der Waals surface area contributed by atoms with Crippen LogP contribution in [-0.2, 0) is 17.3 Å². The molecule has 0 N–H and O–H groups in total. The van der Waals surface area contributed by atoms with Crippen molar-refractivity contribution in [3.8, 4) is 0 Å². The first kappa shape index (κ1) is 14.5. The number of hydrogen-bond donors (Lipinski definition) is 0. The van der Waals surface area contributed by atoms with Crippen LogP contribution in [0.5, 0.6) is 0 Å². The highest BCUT2D eigenvalue weighted by Gasteiger charge is 2.41. The third-order valence-electron chi connectivity index (χ3n) is 2.14. The van der Waals surface area contributed by atoms with Crippen LogP contribution in [0.15, 0.2) is 4.42 Å². The summed E-state index contributed by atoms with van der Waals surface area (Å²) in [6.45, 7) is 3.36. The molecular formula is C11H14F3NO3. The van der Waals surface area contributed by atoms with E-state index >= 15 is 0 Å². The quantitative estimate of drug-likeness (QED) is 0.767. The lowest BCUT2D eigenvalue weighted by molar-refractivity contribution is -0.141. The summed E-state index contributed by atoms with van der Waals surface area (Å²) in [7, 11) is 0. The van der Waals surface area contributed by atoms with E-state index in [1.807, 2.05) is 6.92 Å². The average molecular weight is 265 g/mol. The first-order valence-corrected chi connectivity index (χ1v) is 5.64. The van der Waals surface area contributed by atoms with Crippen molar-refractivity contribution in [3.05, 3.63) is 17.3 Å². The number of esters is 1. The van der Waals surface area contributed by atoms with Crippen LogP contribution in [0.25, 0.3) is 0 Å². The largest absolute Gasteiger partial charge is 0.460 e. The number of carbonyl (C=O) groups is 1. The molecule has 18 heavy (non-hydrogen) atoms. The summed E-state index contributed by atoms with van der Waals surface area (Å²) in [5, 5.41) is 0. The molecular weight excluding hydrogens is 251 g/mol. The number of rotatable bonds is 5. The maximum Gasteiger partial charge on any atom is 0.437 e. The van der Waals surface area contributed by atoms with Crippen LogP contribution in [0.1, 0.15) is 48.8 Å². The normalized spacial score (nSPS) is 11.6. The van der Waals surface area contributed by atoms with Gasteiger partial charge in [0.2, 0.25) is 5.76 Å². The van der Waals surface area contributed by atoms with Crippen LogP contribution in [0.3, 0.4) is 0 Å². The van der Waals surface area contributed by atoms with Gasteiger partial charge in [0.25, 0.3) is 0 Å². The van der Waals surface area contributed by atoms with Gasteiger partial charge in [-0.05, 0) is 13.3 Å². The summed E-state index contributed by atoms with van der Waals surface area (Å²) in [5.74, 6) is -2.09. The lowest BCUT2D eigenvalue weighted by Crippen LogP contribution is -2.14. The molecule has 0 atom stereocenters. The van der Waals surface area contributed by atoms with E-state index in [9.17, 15) is 18.0 Å². The zero-order chi connectivity index (χ0) is 13.8. The molecule has 0 aliphatic carbocycles. The molecule has 102 valence electrons. The molecule has 0 saturated carbocycles. The lowest BCUT2D eigenvalue weighted by Gasteiger charge is -2.03. The Bertz CT molecular complexity index is 412. The molecule has 0 radical (unpaired) electrons. The fourth-order valence-corrected chi connectivity index (χ4v) is 1.33. The van der Waals surface area contributed by atoms with Crippen molar-refractivity contribution in [2.45, 2.75) is 39.3 Å². The van der Waals surface area contributed by atoms with Gasteiger partial charge < -0.3 is 9.15 Å². The molecule has 1 heterocycles. The number of halogens is 3. The number of hydrogen-bond acceptors (Lipinski definition) is 4. The topological polar surface area (TPSA) is 52.3 Å². The van der Waals surface area contributed by atoms with Crippen LogP contribution in [0.4, 0.5) is 13.2 Å². The molecule has 0 aliphatic heterocycles. The summed E-state index contributed by atoms with van der Waals surface area (Å²) in [5.41, 5.74) is -1.31. The SMILES string of the molecule is CCCCc1nc(C(F)(F)F)c(C(=O)OCC)o1. The molecule has 1 aromatic rings. The van der Waals surface area contributed by atoms with Crippen molar-refractivity contribution in [2.75, 3.05) is 6.61 Å². The highest BCUT2D eigenvalue weighted by Crippen LogP contribution is 2.32. The van der Waals surface area contributed by atoms with Gasteiger partial charge in [0.15, 0.2) is 11.6 Å². The third-order valence-corrected chi connectivity index (χ3v) is 2.14. The first-order valence-electron chi connectivity index (χ1n) is 5.64. The van der Waals surface area contributed by atoms with E-state index in [0.717, 1.165) is 6.42 Å². The van der Waals surface area contributed by atoms with Crippen LogP contribution in [-0.4, -0.2) is 17.6 Å². The Hall–Kier alpha value is -1.53. The van der Waals surface area contributed by atoms with E-state index in [1.54, 1.807) is 0 Å². The minimum Gasteiger partial charge on any atom is -0.460 e. The Morgan fingerprint density at radius 1 is 1.39 bits per heavy atom. The van der Waals surface area contributed by atoms with Crippen LogP contribution < -0.4 is 0 Å². The zero-order valence-corrected chi connectivity index (χ0v) is 10.1. The Morgan fingerprint density at radius 3 is 2.56 bits per heavy atom. The smallest absolute Gasteiger partial charge is 0.437 e. The summed E-state index contributed by atoms with van der Waals surface area (Å²) in [6, 6.07) is 0. The number of nitrogens with zero attached hydrogens (tertiary/aromatic N) is 1. The van der Waals surface area contributed by atoms with E-state index in [-0.39, 0.29) is 18.9 Å². The number of unbranched alkanes of at least 4 members (excludes halogenated alkanes) is 1. The molecule has 0 bridgehead atoms. The predicted octanol–water partition coefficient (Wildman–Crippen LogP) is 3.21. The Kier molecular flexibility index (Phi) is 4.75. The minimum atomic E-state index is -4.73. The molecule has 0 unspecified atom stereocenters. The van der Waals surface area contributed by atoms with E-state index in [2.05, 4.69) is 9.72 Å². The second-order valence-electron chi connectivity index (χ2n) is 3.61. The monoisotopic (exact) mass is 265 g/mol. The summed E-state index contributed by atoms with van der Waals surface area (Å²) in [4.78, 5) is 14.7. The predicted molar refractivity (Wildman–Crippen MR) is 56.1 cm³/mol.